The summed E-state index contributed by atoms with van der Waals surface area (Å²) < 4.78 is 23.1. The molecule has 1 aromatic rings. The first-order valence-corrected chi connectivity index (χ1v) is 11.6. The molecule has 0 radical (unpaired) electrons. The average molecular weight is 401 g/mol. The molecule has 0 spiro atoms. The van der Waals surface area contributed by atoms with Gasteiger partial charge in [-0.3, -0.25) is 0 Å². The highest BCUT2D eigenvalue weighted by Crippen LogP contribution is 2.31. The summed E-state index contributed by atoms with van der Waals surface area (Å²) in [6, 6.07) is 0. The van der Waals surface area contributed by atoms with Crippen LogP contribution in [-0.4, -0.2) is 39.6 Å². The molecule has 0 amide bonds. The Morgan fingerprint density at radius 3 is 1.52 bits per heavy atom. The van der Waals surface area contributed by atoms with E-state index in [-0.39, 0.29) is 0 Å². The quantitative estimate of drug-likeness (QED) is 0.275. The van der Waals surface area contributed by atoms with Gasteiger partial charge in [0.25, 0.3) is 0 Å². The van der Waals surface area contributed by atoms with Crippen LogP contribution in [0.15, 0.2) is 10.8 Å². The third kappa shape index (κ3) is 12.3. The zero-order valence-electron chi connectivity index (χ0n) is 17.8. The molecule has 27 heavy (non-hydrogen) atoms. The number of hydrogen-bond acceptors (Lipinski definition) is 5. The minimum Gasteiger partial charge on any atom is -0.489 e. The highest BCUT2D eigenvalue weighted by Gasteiger charge is 2.06. The van der Waals surface area contributed by atoms with E-state index in [1.165, 1.54) is 12.8 Å². The predicted molar refractivity (Wildman–Crippen MR) is 114 cm³/mol. The lowest BCUT2D eigenvalue weighted by Crippen LogP contribution is -2.07. The Balaban J connectivity index is 2.02. The van der Waals surface area contributed by atoms with Gasteiger partial charge >= 0.3 is 0 Å². The zero-order chi connectivity index (χ0) is 19.7. The fourth-order valence-electron chi connectivity index (χ4n) is 2.27. The third-order valence-electron chi connectivity index (χ3n) is 4.67. The van der Waals surface area contributed by atoms with E-state index in [1.54, 1.807) is 11.3 Å². The molecule has 1 rings (SSSR count). The fourth-order valence-corrected chi connectivity index (χ4v) is 2.95. The number of rotatable bonds is 18. The molecule has 2 atom stereocenters. The lowest BCUT2D eigenvalue weighted by Gasteiger charge is -2.11. The van der Waals surface area contributed by atoms with Crippen LogP contribution in [-0.2, 0) is 9.47 Å². The number of hydrogen-bond donors (Lipinski definition) is 0. The van der Waals surface area contributed by atoms with Crippen molar-refractivity contribution in [3.8, 4) is 11.5 Å². The van der Waals surface area contributed by atoms with Crippen molar-refractivity contribution in [3.63, 3.8) is 0 Å². The summed E-state index contributed by atoms with van der Waals surface area (Å²) in [6.45, 7) is 13.6. The lowest BCUT2D eigenvalue weighted by molar-refractivity contribution is 0.0968. The molecular formula is C22H40O4S. The van der Waals surface area contributed by atoms with E-state index < -0.39 is 0 Å². The Hall–Kier alpha value is -0.780. The highest BCUT2D eigenvalue weighted by molar-refractivity contribution is 7.08. The van der Waals surface area contributed by atoms with Gasteiger partial charge in [0.2, 0.25) is 0 Å². The van der Waals surface area contributed by atoms with Crippen LogP contribution < -0.4 is 9.47 Å². The second-order valence-electron chi connectivity index (χ2n) is 7.39. The van der Waals surface area contributed by atoms with Crippen molar-refractivity contribution < 1.29 is 18.9 Å². The van der Waals surface area contributed by atoms with Gasteiger partial charge in [-0.05, 0) is 37.5 Å². The van der Waals surface area contributed by atoms with Gasteiger partial charge in [0, 0.05) is 37.2 Å². The van der Waals surface area contributed by atoms with Crippen LogP contribution in [0.1, 0.15) is 66.2 Å². The van der Waals surface area contributed by atoms with E-state index in [0.717, 1.165) is 63.6 Å². The van der Waals surface area contributed by atoms with Crippen LogP contribution in [0, 0.1) is 11.8 Å². The molecule has 0 fully saturated rings. The molecule has 0 bridgehead atoms. The molecule has 4 nitrogen and oxygen atoms in total. The normalized spacial score (nSPS) is 13.5. The summed E-state index contributed by atoms with van der Waals surface area (Å²) in [5.74, 6) is 3.04. The maximum atomic E-state index is 5.87. The van der Waals surface area contributed by atoms with Crippen molar-refractivity contribution in [2.24, 2.45) is 11.8 Å². The van der Waals surface area contributed by atoms with Crippen LogP contribution in [0.4, 0.5) is 0 Å². The molecule has 0 saturated carbocycles. The van der Waals surface area contributed by atoms with Crippen molar-refractivity contribution in [2.45, 2.75) is 66.2 Å². The zero-order valence-corrected chi connectivity index (χ0v) is 18.7. The minimum atomic E-state index is 0.651. The lowest BCUT2D eigenvalue weighted by atomic mass is 10.1. The van der Waals surface area contributed by atoms with Crippen molar-refractivity contribution in [1.29, 1.82) is 0 Å². The van der Waals surface area contributed by atoms with Crippen LogP contribution in [0.25, 0.3) is 0 Å². The molecular weight excluding hydrogens is 360 g/mol. The van der Waals surface area contributed by atoms with E-state index in [1.807, 2.05) is 10.8 Å². The summed E-state index contributed by atoms with van der Waals surface area (Å²) in [5, 5.41) is 4.04. The van der Waals surface area contributed by atoms with Gasteiger partial charge in [-0.2, -0.15) is 0 Å². The molecule has 1 aromatic heterocycles. The molecule has 0 aliphatic carbocycles. The number of unbranched alkanes of at least 4 members (excludes halogenated alkanes) is 2. The van der Waals surface area contributed by atoms with Gasteiger partial charge in [0.1, 0.15) is 0 Å². The molecule has 5 heteroatoms. The molecule has 0 N–H and O–H groups in total. The Bertz CT molecular complexity index is 411. The summed E-state index contributed by atoms with van der Waals surface area (Å²) in [4.78, 5) is 0. The monoisotopic (exact) mass is 400 g/mol. The average Bonchev–Trinajstić information content (AvgIpc) is 3.13. The van der Waals surface area contributed by atoms with Gasteiger partial charge in [0.05, 0.1) is 13.2 Å². The van der Waals surface area contributed by atoms with Crippen molar-refractivity contribution in [3.05, 3.63) is 10.8 Å². The van der Waals surface area contributed by atoms with Crippen LogP contribution in [0.2, 0.25) is 0 Å². The first kappa shape index (κ1) is 24.3. The molecule has 0 aliphatic rings. The van der Waals surface area contributed by atoms with E-state index in [9.17, 15) is 0 Å². The van der Waals surface area contributed by atoms with Gasteiger partial charge in [-0.25, -0.2) is 0 Å². The van der Waals surface area contributed by atoms with Gasteiger partial charge in [-0.15, -0.1) is 11.3 Å². The number of ether oxygens (including phenoxy) is 4. The molecule has 0 saturated heterocycles. The molecule has 0 aliphatic heterocycles. The Kier molecular flexibility index (Phi) is 14.6. The Labute approximate surface area is 170 Å². The summed E-state index contributed by atoms with van der Waals surface area (Å²) in [6.07, 6.45) is 6.43. The Morgan fingerprint density at radius 1 is 0.704 bits per heavy atom. The van der Waals surface area contributed by atoms with E-state index >= 15 is 0 Å². The molecule has 158 valence electrons. The standard InChI is InChI=1S/C22H40O4S/c1-5-19(3)15-23-11-7-9-13-25-21-17-27-18-22(21)26-14-10-8-12-24-16-20(4)6-2/h17-20H,5-16H2,1-4H3/t19-,20-/m0/s1. The molecule has 1 heterocycles. The minimum absolute atomic E-state index is 0.651. The SMILES string of the molecule is CC[C@H](C)COCCCCOc1cscc1OCCCCOC[C@@H](C)CC. The van der Waals surface area contributed by atoms with Crippen molar-refractivity contribution in [2.75, 3.05) is 39.6 Å². The first-order valence-electron chi connectivity index (χ1n) is 10.6. The topological polar surface area (TPSA) is 36.9 Å². The van der Waals surface area contributed by atoms with Gasteiger partial charge in [0.15, 0.2) is 11.5 Å². The van der Waals surface area contributed by atoms with Crippen LogP contribution in [0.3, 0.4) is 0 Å². The summed E-state index contributed by atoms with van der Waals surface area (Å²) >= 11 is 1.62. The molecule has 0 unspecified atom stereocenters. The summed E-state index contributed by atoms with van der Waals surface area (Å²) in [7, 11) is 0. The van der Waals surface area contributed by atoms with E-state index in [0.29, 0.717) is 25.0 Å². The predicted octanol–water partition coefficient (Wildman–Crippen LogP) is 6.19. The van der Waals surface area contributed by atoms with Crippen molar-refractivity contribution >= 4 is 11.3 Å². The van der Waals surface area contributed by atoms with Gasteiger partial charge in [-0.1, -0.05) is 40.5 Å². The van der Waals surface area contributed by atoms with Crippen molar-refractivity contribution in [1.82, 2.24) is 0 Å². The maximum absolute atomic E-state index is 5.87. The van der Waals surface area contributed by atoms with Gasteiger partial charge < -0.3 is 18.9 Å². The van der Waals surface area contributed by atoms with E-state index in [4.69, 9.17) is 18.9 Å². The van der Waals surface area contributed by atoms with Crippen LogP contribution >= 0.6 is 11.3 Å². The Morgan fingerprint density at radius 2 is 1.11 bits per heavy atom. The highest BCUT2D eigenvalue weighted by atomic mass is 32.1. The smallest absolute Gasteiger partial charge is 0.171 e. The second kappa shape index (κ2) is 16.2. The largest absolute Gasteiger partial charge is 0.489 e. The fraction of sp³-hybridized carbons (Fsp3) is 0.818. The summed E-state index contributed by atoms with van der Waals surface area (Å²) in [5.41, 5.74) is 0. The number of thiophene rings is 1. The van der Waals surface area contributed by atoms with Crippen LogP contribution in [0.5, 0.6) is 11.5 Å². The van der Waals surface area contributed by atoms with E-state index in [2.05, 4.69) is 27.7 Å². The maximum Gasteiger partial charge on any atom is 0.171 e. The second-order valence-corrected chi connectivity index (χ2v) is 8.13. The molecule has 0 aromatic carbocycles. The first-order chi connectivity index (χ1) is 13.2. The third-order valence-corrected chi connectivity index (χ3v) is 5.37.